The van der Waals surface area contributed by atoms with E-state index in [1.807, 2.05) is 13.8 Å². The molecule has 5 heteroatoms. The van der Waals surface area contributed by atoms with Gasteiger partial charge in [0.15, 0.2) is 0 Å². The van der Waals surface area contributed by atoms with Crippen LogP contribution in [-0.4, -0.2) is 48.2 Å². The number of ether oxygens (including phenoxy) is 1. The van der Waals surface area contributed by atoms with Crippen LogP contribution < -0.4 is 0 Å². The Balaban J connectivity index is 2.88. The van der Waals surface area contributed by atoms with E-state index in [1.54, 1.807) is 17.0 Å². The van der Waals surface area contributed by atoms with Gasteiger partial charge in [0, 0.05) is 19.7 Å². The van der Waals surface area contributed by atoms with Crippen LogP contribution >= 0.6 is 0 Å². The molecule has 104 valence electrons. The van der Waals surface area contributed by atoms with Crippen molar-refractivity contribution in [3.63, 3.8) is 0 Å². The normalized spacial score (nSPS) is 10.2. The molecule has 0 spiro atoms. The molecule has 1 aromatic carbocycles. The molecule has 1 rings (SSSR count). The smallest absolute Gasteiger partial charge is 0.336 e. The number of likely N-dealkylation sites (N-methyl/N-ethyl adjacent to an activating group) is 1. The number of carboxylic acids is 1. The first-order valence-electron chi connectivity index (χ1n) is 6.31. The SMILES string of the molecule is CCOCCN(CC)C(=O)c1ccccc1C(=O)O. The number of rotatable bonds is 7. The van der Waals surface area contributed by atoms with Crippen molar-refractivity contribution < 1.29 is 19.4 Å². The number of carbonyl (C=O) groups excluding carboxylic acids is 1. The highest BCUT2D eigenvalue weighted by molar-refractivity contribution is 6.04. The highest BCUT2D eigenvalue weighted by Crippen LogP contribution is 2.12. The van der Waals surface area contributed by atoms with E-state index in [0.29, 0.717) is 26.3 Å². The second kappa shape index (κ2) is 7.53. The zero-order chi connectivity index (χ0) is 14.3. The Labute approximate surface area is 112 Å². The van der Waals surface area contributed by atoms with Crippen molar-refractivity contribution in [2.45, 2.75) is 13.8 Å². The Bertz CT molecular complexity index is 445. The van der Waals surface area contributed by atoms with Gasteiger partial charge in [0.2, 0.25) is 0 Å². The molecule has 0 aromatic heterocycles. The summed E-state index contributed by atoms with van der Waals surface area (Å²) < 4.78 is 5.22. The molecule has 1 aromatic rings. The number of carbonyl (C=O) groups is 2. The second-order valence-corrected chi connectivity index (χ2v) is 3.93. The van der Waals surface area contributed by atoms with Gasteiger partial charge in [0.25, 0.3) is 5.91 Å². The van der Waals surface area contributed by atoms with Crippen LogP contribution in [0.3, 0.4) is 0 Å². The first-order chi connectivity index (χ1) is 9.11. The summed E-state index contributed by atoms with van der Waals surface area (Å²) >= 11 is 0. The Morgan fingerprint density at radius 3 is 2.37 bits per heavy atom. The standard InChI is InChI=1S/C14H19NO4/c1-3-15(9-10-19-4-2)13(16)11-7-5-6-8-12(11)14(17)18/h5-8H,3-4,9-10H2,1-2H3,(H,17,18). The van der Waals surface area contributed by atoms with Gasteiger partial charge >= 0.3 is 5.97 Å². The molecule has 0 fully saturated rings. The van der Waals surface area contributed by atoms with Gasteiger partial charge in [-0.05, 0) is 26.0 Å². The van der Waals surface area contributed by atoms with Gasteiger partial charge in [-0.25, -0.2) is 4.79 Å². The van der Waals surface area contributed by atoms with E-state index in [9.17, 15) is 9.59 Å². The van der Waals surface area contributed by atoms with Crippen LogP contribution in [0.1, 0.15) is 34.6 Å². The molecule has 0 bridgehead atoms. The molecule has 19 heavy (non-hydrogen) atoms. The van der Waals surface area contributed by atoms with Gasteiger partial charge in [0.1, 0.15) is 0 Å². The zero-order valence-corrected chi connectivity index (χ0v) is 11.3. The third kappa shape index (κ3) is 4.06. The first-order valence-corrected chi connectivity index (χ1v) is 6.31. The molecule has 0 radical (unpaired) electrons. The Kier molecular flexibility index (Phi) is 6.02. The van der Waals surface area contributed by atoms with E-state index < -0.39 is 5.97 Å². The minimum absolute atomic E-state index is 0.0300. The van der Waals surface area contributed by atoms with Crippen molar-refractivity contribution in [1.29, 1.82) is 0 Å². The number of benzene rings is 1. The van der Waals surface area contributed by atoms with E-state index >= 15 is 0 Å². The molecular weight excluding hydrogens is 246 g/mol. The van der Waals surface area contributed by atoms with Crippen molar-refractivity contribution in [2.24, 2.45) is 0 Å². The second-order valence-electron chi connectivity index (χ2n) is 3.93. The Morgan fingerprint density at radius 2 is 1.84 bits per heavy atom. The molecule has 0 saturated heterocycles. The first kappa shape index (κ1) is 15.2. The Morgan fingerprint density at radius 1 is 1.21 bits per heavy atom. The van der Waals surface area contributed by atoms with Crippen LogP contribution in [-0.2, 0) is 4.74 Å². The number of amides is 1. The summed E-state index contributed by atoms with van der Waals surface area (Å²) in [5.41, 5.74) is 0.246. The highest BCUT2D eigenvalue weighted by atomic mass is 16.5. The van der Waals surface area contributed by atoms with E-state index in [1.165, 1.54) is 12.1 Å². The van der Waals surface area contributed by atoms with Crippen molar-refractivity contribution in [2.75, 3.05) is 26.3 Å². The fourth-order valence-corrected chi connectivity index (χ4v) is 1.75. The lowest BCUT2D eigenvalue weighted by atomic mass is 10.1. The molecular formula is C14H19NO4. The van der Waals surface area contributed by atoms with Gasteiger partial charge in [-0.3, -0.25) is 4.79 Å². The van der Waals surface area contributed by atoms with E-state index in [-0.39, 0.29) is 17.0 Å². The predicted octanol–water partition coefficient (Wildman–Crippen LogP) is 1.88. The molecule has 0 heterocycles. The molecule has 0 aliphatic rings. The third-order valence-corrected chi connectivity index (χ3v) is 2.77. The predicted molar refractivity (Wildman–Crippen MR) is 71.5 cm³/mol. The third-order valence-electron chi connectivity index (χ3n) is 2.77. The molecule has 0 saturated carbocycles. The summed E-state index contributed by atoms with van der Waals surface area (Å²) in [6, 6.07) is 6.24. The number of aromatic carboxylic acids is 1. The average molecular weight is 265 g/mol. The topological polar surface area (TPSA) is 66.8 Å². The number of hydrogen-bond donors (Lipinski definition) is 1. The fourth-order valence-electron chi connectivity index (χ4n) is 1.75. The number of carboxylic acid groups (broad SMARTS) is 1. The van der Waals surface area contributed by atoms with Crippen molar-refractivity contribution in [3.8, 4) is 0 Å². The van der Waals surface area contributed by atoms with Crippen LogP contribution in [0, 0.1) is 0 Å². The number of hydrogen-bond acceptors (Lipinski definition) is 3. The van der Waals surface area contributed by atoms with Gasteiger partial charge in [0.05, 0.1) is 17.7 Å². The minimum Gasteiger partial charge on any atom is -0.478 e. The summed E-state index contributed by atoms with van der Waals surface area (Å²) in [4.78, 5) is 25.0. The lowest BCUT2D eigenvalue weighted by molar-refractivity contribution is 0.0641. The van der Waals surface area contributed by atoms with Crippen molar-refractivity contribution >= 4 is 11.9 Å². The maximum Gasteiger partial charge on any atom is 0.336 e. The lowest BCUT2D eigenvalue weighted by Crippen LogP contribution is -2.34. The van der Waals surface area contributed by atoms with Gasteiger partial charge in [-0.1, -0.05) is 12.1 Å². The molecule has 0 aliphatic heterocycles. The summed E-state index contributed by atoms with van der Waals surface area (Å²) in [5.74, 6) is -1.37. The van der Waals surface area contributed by atoms with Crippen LogP contribution in [0.25, 0.3) is 0 Å². The summed E-state index contributed by atoms with van der Waals surface area (Å²) in [6.45, 7) is 5.75. The number of nitrogens with zero attached hydrogens (tertiary/aromatic N) is 1. The van der Waals surface area contributed by atoms with Crippen LogP contribution in [0.2, 0.25) is 0 Å². The van der Waals surface area contributed by atoms with Crippen LogP contribution in [0.5, 0.6) is 0 Å². The highest BCUT2D eigenvalue weighted by Gasteiger charge is 2.20. The van der Waals surface area contributed by atoms with Crippen molar-refractivity contribution in [3.05, 3.63) is 35.4 Å². The summed E-state index contributed by atoms with van der Waals surface area (Å²) in [5, 5.41) is 9.09. The average Bonchev–Trinajstić information content (AvgIpc) is 2.43. The molecule has 0 atom stereocenters. The summed E-state index contributed by atoms with van der Waals surface area (Å²) in [6.07, 6.45) is 0. The maximum atomic E-state index is 12.3. The Hall–Kier alpha value is -1.88. The molecule has 1 amide bonds. The van der Waals surface area contributed by atoms with Gasteiger partial charge in [-0.15, -0.1) is 0 Å². The largest absolute Gasteiger partial charge is 0.478 e. The monoisotopic (exact) mass is 265 g/mol. The van der Waals surface area contributed by atoms with Crippen LogP contribution in [0.4, 0.5) is 0 Å². The van der Waals surface area contributed by atoms with Crippen molar-refractivity contribution in [1.82, 2.24) is 4.90 Å². The minimum atomic E-state index is -1.09. The quantitative estimate of drug-likeness (QED) is 0.764. The van der Waals surface area contributed by atoms with Gasteiger partial charge in [-0.2, -0.15) is 0 Å². The fraction of sp³-hybridized carbons (Fsp3) is 0.429. The lowest BCUT2D eigenvalue weighted by Gasteiger charge is -2.21. The zero-order valence-electron chi connectivity index (χ0n) is 11.3. The summed E-state index contributed by atoms with van der Waals surface area (Å²) in [7, 11) is 0. The molecule has 0 aliphatic carbocycles. The van der Waals surface area contributed by atoms with Crippen LogP contribution in [0.15, 0.2) is 24.3 Å². The maximum absolute atomic E-state index is 12.3. The van der Waals surface area contributed by atoms with Gasteiger partial charge < -0.3 is 14.7 Å². The molecule has 5 nitrogen and oxygen atoms in total. The van der Waals surface area contributed by atoms with E-state index in [4.69, 9.17) is 9.84 Å². The van der Waals surface area contributed by atoms with E-state index in [2.05, 4.69) is 0 Å². The van der Waals surface area contributed by atoms with E-state index in [0.717, 1.165) is 0 Å². The molecule has 0 unspecified atom stereocenters. The molecule has 1 N–H and O–H groups in total.